The highest BCUT2D eigenvalue weighted by Crippen LogP contribution is 2.52. The van der Waals surface area contributed by atoms with Gasteiger partial charge in [0.15, 0.2) is 0 Å². The largest absolute Gasteiger partial charge is 0.507 e. The van der Waals surface area contributed by atoms with E-state index in [1.807, 2.05) is 13.8 Å². The van der Waals surface area contributed by atoms with Gasteiger partial charge in [0.2, 0.25) is 0 Å². The van der Waals surface area contributed by atoms with Crippen molar-refractivity contribution in [3.05, 3.63) is 46.5 Å². The highest BCUT2D eigenvalue weighted by molar-refractivity contribution is 7.74. The number of aromatic hydroxyl groups is 2. The quantitative estimate of drug-likeness (QED) is 0.548. The summed E-state index contributed by atoms with van der Waals surface area (Å²) in [5.74, 6) is 0.717. The second-order valence-electron chi connectivity index (χ2n) is 11.3. The molecule has 0 bridgehead atoms. The molecule has 0 saturated heterocycles. The van der Waals surface area contributed by atoms with Gasteiger partial charge in [-0.25, -0.2) is 0 Å². The van der Waals surface area contributed by atoms with E-state index in [-0.39, 0.29) is 16.0 Å². The summed E-state index contributed by atoms with van der Waals surface area (Å²) in [5, 5.41) is 24.0. The SMILES string of the molecule is Cc1cc(C(C)(C)C)cc(P(c2cc(C(C)(C)C)cc(C)c2O)C(C)(C)C)c1O. The van der Waals surface area contributed by atoms with Gasteiger partial charge >= 0.3 is 0 Å². The molecule has 0 fully saturated rings. The predicted molar refractivity (Wildman–Crippen MR) is 129 cm³/mol. The maximum atomic E-state index is 11.1. The van der Waals surface area contributed by atoms with E-state index in [1.165, 1.54) is 11.1 Å². The molecule has 0 radical (unpaired) electrons. The van der Waals surface area contributed by atoms with Gasteiger partial charge in [-0.2, -0.15) is 0 Å². The van der Waals surface area contributed by atoms with Crippen LogP contribution in [0.4, 0.5) is 0 Å². The Morgan fingerprint density at radius 2 is 0.897 bits per heavy atom. The molecule has 0 spiro atoms. The lowest BCUT2D eigenvalue weighted by Gasteiger charge is -2.35. The molecule has 0 atom stereocenters. The third kappa shape index (κ3) is 4.97. The fourth-order valence-corrected chi connectivity index (χ4v) is 6.60. The first-order valence-electron chi connectivity index (χ1n) is 10.4. The molecule has 2 aromatic rings. The first-order valence-corrected chi connectivity index (χ1v) is 11.8. The van der Waals surface area contributed by atoms with Gasteiger partial charge in [-0.15, -0.1) is 0 Å². The number of hydrogen-bond acceptors (Lipinski definition) is 2. The maximum Gasteiger partial charge on any atom is 0.126 e. The van der Waals surface area contributed by atoms with Crippen molar-refractivity contribution < 1.29 is 10.2 Å². The lowest BCUT2D eigenvalue weighted by atomic mass is 9.86. The Labute approximate surface area is 179 Å². The third-order valence-corrected chi connectivity index (χ3v) is 8.43. The average molecular weight is 415 g/mol. The summed E-state index contributed by atoms with van der Waals surface area (Å²) in [4.78, 5) is 0. The molecule has 3 heteroatoms. The zero-order valence-electron chi connectivity index (χ0n) is 20.2. The van der Waals surface area contributed by atoms with Crippen LogP contribution in [0.3, 0.4) is 0 Å². The lowest BCUT2D eigenvalue weighted by Crippen LogP contribution is -2.29. The number of hydrogen-bond donors (Lipinski definition) is 2. The average Bonchev–Trinajstić information content (AvgIpc) is 2.52. The van der Waals surface area contributed by atoms with Crippen LogP contribution in [-0.4, -0.2) is 15.4 Å². The Bertz CT molecular complexity index is 837. The number of rotatable bonds is 2. The Morgan fingerprint density at radius 3 is 1.14 bits per heavy atom. The molecule has 29 heavy (non-hydrogen) atoms. The van der Waals surface area contributed by atoms with E-state index in [0.29, 0.717) is 11.5 Å². The van der Waals surface area contributed by atoms with E-state index in [9.17, 15) is 10.2 Å². The van der Waals surface area contributed by atoms with Gasteiger partial charge < -0.3 is 10.2 Å². The molecule has 0 aliphatic carbocycles. The van der Waals surface area contributed by atoms with E-state index in [4.69, 9.17) is 0 Å². The first kappa shape index (κ1) is 23.7. The smallest absolute Gasteiger partial charge is 0.126 e. The highest BCUT2D eigenvalue weighted by Gasteiger charge is 2.34. The fraction of sp³-hybridized carbons (Fsp3) is 0.538. The minimum atomic E-state index is -0.993. The molecule has 2 N–H and O–H groups in total. The van der Waals surface area contributed by atoms with Gasteiger partial charge in [0, 0.05) is 10.6 Å². The first-order chi connectivity index (χ1) is 12.9. The second-order valence-corrected chi connectivity index (χ2v) is 14.3. The predicted octanol–water partition coefficient (Wildman–Crippen LogP) is 6.54. The molecule has 0 heterocycles. The minimum Gasteiger partial charge on any atom is -0.507 e. The highest BCUT2D eigenvalue weighted by atomic mass is 31.1. The molecule has 0 unspecified atom stereocenters. The fourth-order valence-electron chi connectivity index (χ4n) is 3.58. The van der Waals surface area contributed by atoms with Crippen LogP contribution in [0.5, 0.6) is 11.5 Å². The van der Waals surface area contributed by atoms with Crippen molar-refractivity contribution in [2.75, 3.05) is 0 Å². The van der Waals surface area contributed by atoms with Crippen LogP contribution in [0.25, 0.3) is 0 Å². The van der Waals surface area contributed by atoms with E-state index < -0.39 is 7.92 Å². The Morgan fingerprint density at radius 1 is 0.586 bits per heavy atom. The van der Waals surface area contributed by atoms with Gasteiger partial charge in [0.05, 0.1) is 0 Å². The van der Waals surface area contributed by atoms with Gasteiger partial charge in [-0.3, -0.25) is 0 Å². The van der Waals surface area contributed by atoms with Crippen LogP contribution in [0.15, 0.2) is 24.3 Å². The summed E-state index contributed by atoms with van der Waals surface area (Å²) in [6.45, 7) is 23.7. The van der Waals surface area contributed by atoms with Crippen LogP contribution in [-0.2, 0) is 10.8 Å². The van der Waals surface area contributed by atoms with Crippen molar-refractivity contribution in [2.24, 2.45) is 0 Å². The van der Waals surface area contributed by atoms with E-state index in [0.717, 1.165) is 21.7 Å². The normalized spacial score (nSPS) is 13.2. The third-order valence-electron chi connectivity index (χ3n) is 5.45. The Kier molecular flexibility index (Phi) is 6.24. The summed E-state index contributed by atoms with van der Waals surface area (Å²) < 4.78 is 0. The molecular formula is C26H39O2P. The zero-order valence-corrected chi connectivity index (χ0v) is 21.0. The molecule has 2 nitrogen and oxygen atoms in total. The maximum absolute atomic E-state index is 11.1. The number of aryl methyl sites for hydroxylation is 2. The molecule has 2 aromatic carbocycles. The van der Waals surface area contributed by atoms with Gasteiger partial charge in [-0.05, 0) is 72.1 Å². The summed E-state index contributed by atoms with van der Waals surface area (Å²) in [7, 11) is -0.993. The summed E-state index contributed by atoms with van der Waals surface area (Å²) in [5.41, 5.74) is 4.18. The van der Waals surface area contributed by atoms with Crippen molar-refractivity contribution in [1.29, 1.82) is 0 Å². The molecule has 160 valence electrons. The van der Waals surface area contributed by atoms with E-state index in [1.54, 1.807) is 0 Å². The molecule has 2 rings (SSSR count). The van der Waals surface area contributed by atoms with Crippen molar-refractivity contribution in [1.82, 2.24) is 0 Å². The van der Waals surface area contributed by atoms with Crippen LogP contribution < -0.4 is 10.6 Å². The number of phenols is 2. The molecule has 0 aliphatic rings. The minimum absolute atomic E-state index is 0.0166. The monoisotopic (exact) mass is 414 g/mol. The zero-order chi connectivity index (χ0) is 22.5. The van der Waals surface area contributed by atoms with Gasteiger partial charge in [-0.1, -0.05) is 74.4 Å². The Balaban J connectivity index is 2.90. The molecule has 0 amide bonds. The number of benzene rings is 2. The number of phenolic OH excluding ortho intramolecular Hbond substituents is 2. The van der Waals surface area contributed by atoms with Crippen molar-refractivity contribution in [3.8, 4) is 11.5 Å². The van der Waals surface area contributed by atoms with Crippen molar-refractivity contribution in [3.63, 3.8) is 0 Å². The summed E-state index contributed by atoms with van der Waals surface area (Å²) >= 11 is 0. The standard InChI is InChI=1S/C26H39O2P/c1-16-12-18(24(3,4)5)14-20(22(16)27)29(26(9,10)11)21-15-19(25(6,7)8)13-17(2)23(21)28/h12-15,27-28H,1-11H3. The van der Waals surface area contributed by atoms with Gasteiger partial charge in [0.1, 0.15) is 11.5 Å². The summed E-state index contributed by atoms with van der Waals surface area (Å²) in [6.07, 6.45) is 0. The molecule has 0 aliphatic heterocycles. The van der Waals surface area contributed by atoms with E-state index in [2.05, 4.69) is 86.6 Å². The van der Waals surface area contributed by atoms with Crippen LogP contribution in [0, 0.1) is 13.8 Å². The van der Waals surface area contributed by atoms with Gasteiger partial charge in [0.25, 0.3) is 0 Å². The molecular weight excluding hydrogens is 375 g/mol. The second kappa shape index (κ2) is 7.62. The molecule has 0 aromatic heterocycles. The van der Waals surface area contributed by atoms with Crippen LogP contribution >= 0.6 is 7.92 Å². The lowest BCUT2D eigenvalue weighted by molar-refractivity contribution is 0.473. The van der Waals surface area contributed by atoms with Crippen molar-refractivity contribution in [2.45, 2.75) is 92.1 Å². The van der Waals surface area contributed by atoms with Crippen LogP contribution in [0.1, 0.15) is 84.6 Å². The molecule has 0 saturated carbocycles. The Hall–Kier alpha value is -1.53. The van der Waals surface area contributed by atoms with E-state index >= 15 is 0 Å². The van der Waals surface area contributed by atoms with Crippen molar-refractivity contribution >= 4 is 18.5 Å². The topological polar surface area (TPSA) is 40.5 Å². The van der Waals surface area contributed by atoms with Crippen LogP contribution in [0.2, 0.25) is 0 Å². The summed E-state index contributed by atoms with van der Waals surface area (Å²) in [6, 6.07) is 8.51.